The van der Waals surface area contributed by atoms with Crippen molar-refractivity contribution in [2.75, 3.05) is 23.7 Å². The number of carbonyl (C=O) groups excluding carboxylic acids is 2. The van der Waals surface area contributed by atoms with Crippen molar-refractivity contribution in [1.29, 1.82) is 0 Å². The Labute approximate surface area is 197 Å². The van der Waals surface area contributed by atoms with E-state index < -0.39 is 5.60 Å². The van der Waals surface area contributed by atoms with Crippen LogP contribution in [0.3, 0.4) is 0 Å². The van der Waals surface area contributed by atoms with Crippen LogP contribution in [0, 0.1) is 0 Å². The van der Waals surface area contributed by atoms with Crippen LogP contribution in [0.1, 0.15) is 40.1 Å². The monoisotopic (exact) mass is 464 g/mol. The van der Waals surface area contributed by atoms with Crippen LogP contribution in [0.5, 0.6) is 0 Å². The fourth-order valence-corrected chi connectivity index (χ4v) is 4.08. The number of nitrogens with zero attached hydrogens (tertiary/aromatic N) is 1. The smallest absolute Gasteiger partial charge is 0.257 e. The van der Waals surface area contributed by atoms with E-state index in [0.29, 0.717) is 34.1 Å². The van der Waals surface area contributed by atoms with E-state index >= 15 is 0 Å². The number of pyridine rings is 1. The Kier molecular flexibility index (Phi) is 6.74. The molecule has 2 amide bonds. The molecule has 1 aliphatic heterocycles. The van der Waals surface area contributed by atoms with Crippen LogP contribution in [0.4, 0.5) is 11.4 Å². The summed E-state index contributed by atoms with van der Waals surface area (Å²) in [5.41, 5.74) is 1.90. The highest BCUT2D eigenvalue weighted by molar-refractivity contribution is 6.34. The molecule has 0 spiro atoms. The van der Waals surface area contributed by atoms with E-state index in [1.807, 2.05) is 26.0 Å². The molecule has 1 aromatic heterocycles. The molecule has 2 aromatic carbocycles. The Morgan fingerprint density at radius 1 is 1.12 bits per heavy atom. The van der Waals surface area contributed by atoms with Crippen LogP contribution < -0.4 is 16.0 Å². The predicted molar refractivity (Wildman–Crippen MR) is 129 cm³/mol. The van der Waals surface area contributed by atoms with E-state index in [9.17, 15) is 9.59 Å². The number of carbonyl (C=O) groups is 2. The van der Waals surface area contributed by atoms with E-state index in [1.54, 1.807) is 48.7 Å². The van der Waals surface area contributed by atoms with E-state index in [4.69, 9.17) is 16.3 Å². The summed E-state index contributed by atoms with van der Waals surface area (Å²) in [5, 5.41) is 9.39. The lowest BCUT2D eigenvalue weighted by atomic mass is 9.90. The summed E-state index contributed by atoms with van der Waals surface area (Å²) in [6.45, 7) is 5.29. The van der Waals surface area contributed by atoms with Gasteiger partial charge in [-0.3, -0.25) is 14.6 Å². The fraction of sp³-hybridized carbons (Fsp3) is 0.240. The number of aromatic nitrogens is 1. The van der Waals surface area contributed by atoms with Gasteiger partial charge in [-0.05, 0) is 50.2 Å². The summed E-state index contributed by atoms with van der Waals surface area (Å²) in [6.07, 6.45) is 3.20. The molecular weight excluding hydrogens is 440 g/mol. The quantitative estimate of drug-likeness (QED) is 0.518. The van der Waals surface area contributed by atoms with Gasteiger partial charge < -0.3 is 20.7 Å². The lowest BCUT2D eigenvalue weighted by Crippen LogP contribution is -2.50. The number of hydrogen-bond acceptors (Lipinski definition) is 5. The van der Waals surface area contributed by atoms with Gasteiger partial charge in [-0.1, -0.05) is 29.8 Å². The van der Waals surface area contributed by atoms with Gasteiger partial charge in [-0.25, -0.2) is 0 Å². The third-order valence-electron chi connectivity index (χ3n) is 5.50. The van der Waals surface area contributed by atoms with Crippen LogP contribution >= 0.6 is 11.6 Å². The minimum Gasteiger partial charge on any atom is -0.365 e. The topological polar surface area (TPSA) is 92.4 Å². The Hall–Kier alpha value is -3.26. The summed E-state index contributed by atoms with van der Waals surface area (Å²) < 4.78 is 6.19. The SMILES string of the molecule is CC1CNCC(C)(c2ccncc2C(=O)Nc2ccc(Cl)c(NC(=O)c3ccccc3)c2)O1. The van der Waals surface area contributed by atoms with E-state index in [-0.39, 0.29) is 17.9 Å². The van der Waals surface area contributed by atoms with Crippen molar-refractivity contribution in [3.63, 3.8) is 0 Å². The Morgan fingerprint density at radius 2 is 1.91 bits per heavy atom. The van der Waals surface area contributed by atoms with Gasteiger partial charge in [0.15, 0.2) is 0 Å². The zero-order chi connectivity index (χ0) is 23.4. The van der Waals surface area contributed by atoms with Crippen molar-refractivity contribution in [2.45, 2.75) is 25.6 Å². The Balaban J connectivity index is 1.55. The molecule has 7 nitrogen and oxygen atoms in total. The molecule has 1 fully saturated rings. The molecule has 3 aromatic rings. The van der Waals surface area contributed by atoms with E-state index in [0.717, 1.165) is 12.1 Å². The van der Waals surface area contributed by atoms with Crippen molar-refractivity contribution in [1.82, 2.24) is 10.3 Å². The molecule has 2 heterocycles. The van der Waals surface area contributed by atoms with Crippen LogP contribution in [0.15, 0.2) is 67.0 Å². The molecule has 0 aliphatic carbocycles. The number of nitrogens with one attached hydrogen (secondary N) is 3. The van der Waals surface area contributed by atoms with E-state index in [1.165, 1.54) is 6.20 Å². The highest BCUT2D eigenvalue weighted by Crippen LogP contribution is 2.32. The average Bonchev–Trinajstić information content (AvgIpc) is 2.81. The maximum atomic E-state index is 13.2. The van der Waals surface area contributed by atoms with Gasteiger partial charge in [0.1, 0.15) is 5.60 Å². The van der Waals surface area contributed by atoms with Crippen molar-refractivity contribution in [3.8, 4) is 0 Å². The normalized spacial score (nSPS) is 20.2. The summed E-state index contributed by atoms with van der Waals surface area (Å²) in [6, 6.07) is 15.6. The van der Waals surface area contributed by atoms with Crippen molar-refractivity contribution >= 4 is 34.8 Å². The standard InChI is InChI=1S/C25H25ClN4O3/c1-16-13-28-15-25(2,33-16)20-10-11-27-14-19(20)24(32)29-18-8-9-21(26)22(12-18)30-23(31)17-6-4-3-5-7-17/h3-12,14,16,28H,13,15H2,1-2H3,(H,29,32)(H,30,31). The van der Waals surface area contributed by atoms with Crippen LogP contribution in [-0.4, -0.2) is 36.0 Å². The van der Waals surface area contributed by atoms with Crippen LogP contribution in [0.25, 0.3) is 0 Å². The van der Waals surface area contributed by atoms with Gasteiger partial charge in [0.2, 0.25) is 0 Å². The van der Waals surface area contributed by atoms with Gasteiger partial charge >= 0.3 is 0 Å². The molecule has 3 N–H and O–H groups in total. The first-order valence-electron chi connectivity index (χ1n) is 10.7. The maximum absolute atomic E-state index is 13.2. The summed E-state index contributed by atoms with van der Waals surface area (Å²) >= 11 is 6.28. The van der Waals surface area contributed by atoms with Crippen molar-refractivity contribution in [2.24, 2.45) is 0 Å². The zero-order valence-corrected chi connectivity index (χ0v) is 19.1. The number of anilines is 2. The highest BCUT2D eigenvalue weighted by Gasteiger charge is 2.36. The largest absolute Gasteiger partial charge is 0.365 e. The molecule has 0 radical (unpaired) electrons. The molecule has 0 bridgehead atoms. The fourth-order valence-electron chi connectivity index (χ4n) is 3.92. The maximum Gasteiger partial charge on any atom is 0.257 e. The van der Waals surface area contributed by atoms with Gasteiger partial charge in [0.05, 0.1) is 22.4 Å². The van der Waals surface area contributed by atoms with Crippen molar-refractivity contribution in [3.05, 3.63) is 88.7 Å². The summed E-state index contributed by atoms with van der Waals surface area (Å²) in [7, 11) is 0. The first kappa shape index (κ1) is 22.9. The first-order valence-corrected chi connectivity index (χ1v) is 11.0. The third kappa shape index (κ3) is 5.22. The number of amides is 2. The second kappa shape index (κ2) is 9.70. The lowest BCUT2D eigenvalue weighted by molar-refractivity contribution is -0.103. The molecule has 2 atom stereocenters. The summed E-state index contributed by atoms with van der Waals surface area (Å²) in [5.74, 6) is -0.622. The Bertz CT molecular complexity index is 1170. The molecular formula is C25H25ClN4O3. The molecule has 0 saturated carbocycles. The number of hydrogen-bond donors (Lipinski definition) is 3. The molecule has 1 aliphatic rings. The van der Waals surface area contributed by atoms with Gasteiger partial charge in [0, 0.05) is 42.3 Å². The molecule has 8 heteroatoms. The van der Waals surface area contributed by atoms with Gasteiger partial charge in [-0.2, -0.15) is 0 Å². The number of morpholine rings is 1. The molecule has 170 valence electrons. The van der Waals surface area contributed by atoms with Gasteiger partial charge in [0.25, 0.3) is 11.8 Å². The molecule has 1 saturated heterocycles. The van der Waals surface area contributed by atoms with E-state index in [2.05, 4.69) is 20.9 Å². The minimum absolute atomic E-state index is 0.0138. The molecule has 4 rings (SSSR count). The second-order valence-electron chi connectivity index (χ2n) is 8.18. The number of ether oxygens (including phenoxy) is 1. The average molecular weight is 465 g/mol. The minimum atomic E-state index is -0.665. The number of halogens is 1. The third-order valence-corrected chi connectivity index (χ3v) is 5.83. The van der Waals surface area contributed by atoms with Crippen LogP contribution in [0.2, 0.25) is 5.02 Å². The first-order chi connectivity index (χ1) is 15.9. The molecule has 2 unspecified atom stereocenters. The molecule has 33 heavy (non-hydrogen) atoms. The predicted octanol–water partition coefficient (Wildman–Crippen LogP) is 4.46. The van der Waals surface area contributed by atoms with Crippen LogP contribution in [-0.2, 0) is 10.3 Å². The number of rotatable bonds is 5. The highest BCUT2D eigenvalue weighted by atomic mass is 35.5. The van der Waals surface area contributed by atoms with Gasteiger partial charge in [-0.15, -0.1) is 0 Å². The lowest BCUT2D eigenvalue weighted by Gasteiger charge is -2.39. The second-order valence-corrected chi connectivity index (χ2v) is 8.59. The summed E-state index contributed by atoms with van der Waals surface area (Å²) in [4.78, 5) is 29.9. The number of benzene rings is 2. The zero-order valence-electron chi connectivity index (χ0n) is 18.4. The van der Waals surface area contributed by atoms with Crippen molar-refractivity contribution < 1.29 is 14.3 Å². The Morgan fingerprint density at radius 3 is 2.67 bits per heavy atom.